The third kappa shape index (κ3) is 5.87. The molecule has 0 unspecified atom stereocenters. The molecule has 0 atom stereocenters. The highest BCUT2D eigenvalue weighted by Gasteiger charge is 2.12. The van der Waals surface area contributed by atoms with Gasteiger partial charge in [-0.1, -0.05) is 66.2 Å². The Morgan fingerprint density at radius 1 is 0.912 bits per heavy atom. The Labute approximate surface area is 199 Å². The molecule has 0 radical (unpaired) electrons. The van der Waals surface area contributed by atoms with Crippen molar-refractivity contribution in [2.45, 2.75) is 39.2 Å². The van der Waals surface area contributed by atoms with Crippen molar-refractivity contribution in [2.75, 3.05) is 0 Å². The zero-order valence-corrected chi connectivity index (χ0v) is 19.3. The summed E-state index contributed by atoms with van der Waals surface area (Å²) < 4.78 is 0. The van der Waals surface area contributed by atoms with Gasteiger partial charge in [0.2, 0.25) is 0 Å². The van der Waals surface area contributed by atoms with Crippen LogP contribution in [0.4, 0.5) is 0 Å². The maximum atomic E-state index is 12.8. The van der Waals surface area contributed by atoms with E-state index in [1.807, 2.05) is 67.6 Å². The lowest BCUT2D eigenvalue weighted by Crippen LogP contribution is -2.22. The third-order valence-electron chi connectivity index (χ3n) is 5.87. The summed E-state index contributed by atoms with van der Waals surface area (Å²) in [6.45, 7) is 2.50. The topological polar surface area (TPSA) is 79.3 Å². The molecule has 0 bridgehead atoms. The summed E-state index contributed by atoms with van der Waals surface area (Å²) in [6.07, 6.45) is 2.17. The van der Waals surface area contributed by atoms with Crippen molar-refractivity contribution in [3.63, 3.8) is 0 Å². The van der Waals surface area contributed by atoms with Crippen LogP contribution >= 0.6 is 0 Å². The van der Waals surface area contributed by atoms with E-state index >= 15 is 0 Å². The van der Waals surface area contributed by atoms with Crippen LogP contribution in [-0.2, 0) is 17.8 Å². The lowest BCUT2D eigenvalue weighted by atomic mass is 9.98. The van der Waals surface area contributed by atoms with Crippen LogP contribution in [0.5, 0.6) is 0 Å². The quantitative estimate of drug-likeness (QED) is 0.308. The first kappa shape index (κ1) is 23.2. The fraction of sp³-hybridized carbons (Fsp3) is 0.207. The standard InChI is InChI=1S/C29H28N2O3/c1-20-11-13-21(14-12-20)19-30-29(34)24-16-15-23-17-25(22-7-3-2-4-8-22)26(31-27(23)18-24)9-5-6-10-28(32)33/h2-4,7-8,11-18H,5-6,9-10,19H2,1H3,(H,30,34)(H,32,33). The molecular formula is C29H28N2O3. The van der Waals surface area contributed by atoms with E-state index in [-0.39, 0.29) is 12.3 Å². The molecule has 5 heteroatoms. The number of aryl methyl sites for hydroxylation is 2. The van der Waals surface area contributed by atoms with Crippen molar-refractivity contribution in [1.82, 2.24) is 10.3 Å². The van der Waals surface area contributed by atoms with Gasteiger partial charge in [-0.15, -0.1) is 0 Å². The Hall–Kier alpha value is -3.99. The summed E-state index contributed by atoms with van der Waals surface area (Å²) in [6, 6.07) is 25.9. The summed E-state index contributed by atoms with van der Waals surface area (Å²) in [5, 5.41) is 12.9. The van der Waals surface area contributed by atoms with Gasteiger partial charge in [-0.2, -0.15) is 0 Å². The molecule has 0 aliphatic rings. The molecule has 4 rings (SSSR count). The number of pyridine rings is 1. The van der Waals surface area contributed by atoms with E-state index in [0.717, 1.165) is 39.7 Å². The van der Waals surface area contributed by atoms with Crippen LogP contribution in [0, 0.1) is 6.92 Å². The normalized spacial score (nSPS) is 10.9. The summed E-state index contributed by atoms with van der Waals surface area (Å²) in [5.41, 5.74) is 6.59. The van der Waals surface area contributed by atoms with Crippen LogP contribution in [0.2, 0.25) is 0 Å². The molecule has 34 heavy (non-hydrogen) atoms. The highest BCUT2D eigenvalue weighted by molar-refractivity contribution is 5.98. The fourth-order valence-electron chi connectivity index (χ4n) is 3.97. The third-order valence-corrected chi connectivity index (χ3v) is 5.87. The van der Waals surface area contributed by atoms with Crippen LogP contribution in [0.25, 0.3) is 22.0 Å². The molecule has 4 aromatic rings. The van der Waals surface area contributed by atoms with Gasteiger partial charge in [-0.05, 0) is 55.5 Å². The summed E-state index contributed by atoms with van der Waals surface area (Å²) >= 11 is 0. The van der Waals surface area contributed by atoms with Gasteiger partial charge in [0.15, 0.2) is 0 Å². The number of nitrogens with one attached hydrogen (secondary N) is 1. The molecule has 0 spiro atoms. The molecule has 3 aromatic carbocycles. The van der Waals surface area contributed by atoms with Gasteiger partial charge in [0.1, 0.15) is 0 Å². The molecule has 0 saturated heterocycles. The van der Waals surface area contributed by atoms with Gasteiger partial charge in [0, 0.05) is 35.2 Å². The monoisotopic (exact) mass is 452 g/mol. The second-order valence-corrected chi connectivity index (χ2v) is 8.53. The number of carboxylic acid groups (broad SMARTS) is 1. The predicted molar refractivity (Wildman–Crippen MR) is 135 cm³/mol. The number of hydrogen-bond acceptors (Lipinski definition) is 3. The Bertz CT molecular complexity index is 1300. The molecule has 0 fully saturated rings. The lowest BCUT2D eigenvalue weighted by molar-refractivity contribution is -0.137. The maximum Gasteiger partial charge on any atom is 0.303 e. The Morgan fingerprint density at radius 3 is 2.41 bits per heavy atom. The number of nitrogens with zero attached hydrogens (tertiary/aromatic N) is 1. The SMILES string of the molecule is Cc1ccc(CNC(=O)c2ccc3cc(-c4ccccc4)c(CCCCC(=O)O)nc3c2)cc1. The average Bonchev–Trinajstić information content (AvgIpc) is 2.85. The van der Waals surface area contributed by atoms with Gasteiger partial charge in [-0.25, -0.2) is 0 Å². The van der Waals surface area contributed by atoms with Crippen molar-refractivity contribution in [3.8, 4) is 11.1 Å². The van der Waals surface area contributed by atoms with E-state index in [1.165, 1.54) is 5.56 Å². The zero-order chi connectivity index (χ0) is 23.9. The number of fused-ring (bicyclic) bond motifs is 1. The van der Waals surface area contributed by atoms with Crippen LogP contribution in [0.1, 0.15) is 46.4 Å². The predicted octanol–water partition coefficient (Wildman–Crippen LogP) is 5.94. The van der Waals surface area contributed by atoms with Crippen LogP contribution in [-0.4, -0.2) is 22.0 Å². The van der Waals surface area contributed by atoms with Crippen molar-refractivity contribution in [2.24, 2.45) is 0 Å². The number of aliphatic carboxylic acids is 1. The largest absolute Gasteiger partial charge is 0.481 e. The van der Waals surface area contributed by atoms with Crippen LogP contribution < -0.4 is 5.32 Å². The van der Waals surface area contributed by atoms with Crippen molar-refractivity contribution < 1.29 is 14.7 Å². The Balaban J connectivity index is 1.58. The zero-order valence-electron chi connectivity index (χ0n) is 19.3. The fourth-order valence-corrected chi connectivity index (χ4v) is 3.97. The van der Waals surface area contributed by atoms with E-state index < -0.39 is 5.97 Å². The minimum atomic E-state index is -0.781. The first-order valence-corrected chi connectivity index (χ1v) is 11.5. The first-order valence-electron chi connectivity index (χ1n) is 11.5. The van der Waals surface area contributed by atoms with Gasteiger partial charge in [-0.3, -0.25) is 14.6 Å². The summed E-state index contributed by atoms with van der Waals surface area (Å²) in [7, 11) is 0. The lowest BCUT2D eigenvalue weighted by Gasteiger charge is -2.12. The number of carbonyl (C=O) groups is 2. The van der Waals surface area contributed by atoms with E-state index in [0.29, 0.717) is 24.9 Å². The molecule has 0 saturated carbocycles. The molecule has 172 valence electrons. The van der Waals surface area contributed by atoms with E-state index in [4.69, 9.17) is 10.1 Å². The Morgan fingerprint density at radius 2 is 1.68 bits per heavy atom. The molecule has 5 nitrogen and oxygen atoms in total. The number of rotatable bonds is 9. The number of aromatic nitrogens is 1. The Kier molecular flexibility index (Phi) is 7.33. The minimum absolute atomic E-state index is 0.139. The van der Waals surface area contributed by atoms with Crippen molar-refractivity contribution >= 4 is 22.8 Å². The van der Waals surface area contributed by atoms with Crippen LogP contribution in [0.3, 0.4) is 0 Å². The molecule has 1 amide bonds. The molecule has 2 N–H and O–H groups in total. The van der Waals surface area contributed by atoms with E-state index in [9.17, 15) is 9.59 Å². The van der Waals surface area contributed by atoms with Gasteiger partial charge < -0.3 is 10.4 Å². The number of benzene rings is 3. The molecule has 0 aliphatic heterocycles. The van der Waals surface area contributed by atoms with Gasteiger partial charge in [0.25, 0.3) is 5.91 Å². The van der Waals surface area contributed by atoms with Gasteiger partial charge >= 0.3 is 5.97 Å². The highest BCUT2D eigenvalue weighted by atomic mass is 16.4. The van der Waals surface area contributed by atoms with Crippen LogP contribution in [0.15, 0.2) is 78.9 Å². The van der Waals surface area contributed by atoms with Gasteiger partial charge in [0.05, 0.1) is 5.52 Å². The number of carbonyl (C=O) groups excluding carboxylic acids is 1. The molecule has 1 aromatic heterocycles. The van der Waals surface area contributed by atoms with Crippen molar-refractivity contribution in [1.29, 1.82) is 0 Å². The minimum Gasteiger partial charge on any atom is -0.481 e. The molecule has 1 heterocycles. The average molecular weight is 453 g/mol. The summed E-state index contributed by atoms with van der Waals surface area (Å²) in [4.78, 5) is 28.6. The summed E-state index contributed by atoms with van der Waals surface area (Å²) in [5.74, 6) is -0.921. The smallest absolute Gasteiger partial charge is 0.303 e. The first-order chi connectivity index (χ1) is 16.5. The highest BCUT2D eigenvalue weighted by Crippen LogP contribution is 2.28. The second kappa shape index (κ2) is 10.8. The van der Waals surface area contributed by atoms with E-state index in [2.05, 4.69) is 23.5 Å². The maximum absolute atomic E-state index is 12.8. The molecule has 0 aliphatic carbocycles. The molecular weight excluding hydrogens is 424 g/mol. The second-order valence-electron chi connectivity index (χ2n) is 8.53. The number of hydrogen-bond donors (Lipinski definition) is 2. The van der Waals surface area contributed by atoms with E-state index in [1.54, 1.807) is 0 Å². The number of unbranched alkanes of at least 4 members (excludes halogenated alkanes) is 1. The number of carboxylic acids is 1. The number of amides is 1. The van der Waals surface area contributed by atoms with Crippen molar-refractivity contribution in [3.05, 3.63) is 101 Å².